The number of aromatic nitrogens is 1. The lowest BCUT2D eigenvalue weighted by molar-refractivity contribution is 0.554. The summed E-state index contributed by atoms with van der Waals surface area (Å²) in [5.74, 6) is 0. The molecule has 1 N–H and O–H groups in total. The first-order chi connectivity index (χ1) is 6.72. The highest BCUT2D eigenvalue weighted by atomic mass is 14.9. The zero-order valence-electron chi connectivity index (χ0n) is 8.96. The molecule has 2 heteroatoms. The van der Waals surface area contributed by atoms with Gasteiger partial charge < -0.3 is 5.32 Å². The SMILES string of the molecule is C=C(C)CC(Cc1cccnc1)NC. The maximum absolute atomic E-state index is 4.10. The molecule has 1 heterocycles. The average molecular weight is 190 g/mol. The van der Waals surface area contributed by atoms with Gasteiger partial charge in [-0.2, -0.15) is 0 Å². The quantitative estimate of drug-likeness (QED) is 0.720. The number of hydrogen-bond acceptors (Lipinski definition) is 2. The smallest absolute Gasteiger partial charge is 0.0300 e. The van der Waals surface area contributed by atoms with Crippen molar-refractivity contribution in [3.63, 3.8) is 0 Å². The van der Waals surface area contributed by atoms with Gasteiger partial charge in [0.15, 0.2) is 0 Å². The highest BCUT2D eigenvalue weighted by Crippen LogP contribution is 2.08. The van der Waals surface area contributed by atoms with Crippen LogP contribution in [0, 0.1) is 0 Å². The number of likely N-dealkylation sites (N-methyl/N-ethyl adjacent to an activating group) is 1. The summed E-state index contributed by atoms with van der Waals surface area (Å²) in [5, 5.41) is 3.29. The average Bonchev–Trinajstić information content (AvgIpc) is 2.17. The fraction of sp³-hybridized carbons (Fsp3) is 0.417. The predicted octanol–water partition coefficient (Wildman–Crippen LogP) is 2.18. The first kappa shape index (κ1) is 10.9. The van der Waals surface area contributed by atoms with Crippen molar-refractivity contribution in [2.24, 2.45) is 0 Å². The van der Waals surface area contributed by atoms with Crippen molar-refractivity contribution in [2.75, 3.05) is 7.05 Å². The van der Waals surface area contributed by atoms with Crippen LogP contribution in [0.3, 0.4) is 0 Å². The minimum Gasteiger partial charge on any atom is -0.316 e. The summed E-state index contributed by atoms with van der Waals surface area (Å²) < 4.78 is 0. The lowest BCUT2D eigenvalue weighted by Gasteiger charge is -2.15. The van der Waals surface area contributed by atoms with Gasteiger partial charge in [-0.3, -0.25) is 4.98 Å². The van der Waals surface area contributed by atoms with Crippen molar-refractivity contribution >= 4 is 0 Å². The summed E-state index contributed by atoms with van der Waals surface area (Å²) in [6, 6.07) is 4.55. The highest BCUT2D eigenvalue weighted by Gasteiger charge is 2.06. The van der Waals surface area contributed by atoms with Crippen molar-refractivity contribution in [3.8, 4) is 0 Å². The third-order valence-corrected chi connectivity index (χ3v) is 2.21. The Kier molecular flexibility index (Phi) is 4.33. The molecule has 0 aliphatic heterocycles. The van der Waals surface area contributed by atoms with Crippen molar-refractivity contribution in [3.05, 3.63) is 42.2 Å². The second-order valence-electron chi connectivity index (χ2n) is 3.71. The number of pyridine rings is 1. The van der Waals surface area contributed by atoms with Crippen LogP contribution in [0.15, 0.2) is 36.7 Å². The minimum absolute atomic E-state index is 0.469. The van der Waals surface area contributed by atoms with Crippen LogP contribution in [0.25, 0.3) is 0 Å². The topological polar surface area (TPSA) is 24.9 Å². The fourth-order valence-corrected chi connectivity index (χ4v) is 1.50. The van der Waals surface area contributed by atoms with Crippen LogP contribution in [0.4, 0.5) is 0 Å². The molecule has 2 nitrogen and oxygen atoms in total. The Labute approximate surface area is 86.1 Å². The fourth-order valence-electron chi connectivity index (χ4n) is 1.50. The van der Waals surface area contributed by atoms with Gasteiger partial charge in [0.2, 0.25) is 0 Å². The molecule has 1 unspecified atom stereocenters. The van der Waals surface area contributed by atoms with E-state index in [1.165, 1.54) is 11.1 Å². The van der Waals surface area contributed by atoms with Crippen molar-refractivity contribution < 1.29 is 0 Å². The largest absolute Gasteiger partial charge is 0.316 e. The monoisotopic (exact) mass is 190 g/mol. The van der Waals surface area contributed by atoms with E-state index < -0.39 is 0 Å². The van der Waals surface area contributed by atoms with Gasteiger partial charge in [-0.15, -0.1) is 6.58 Å². The molecule has 0 radical (unpaired) electrons. The molecular weight excluding hydrogens is 172 g/mol. The lowest BCUT2D eigenvalue weighted by atomic mass is 10.0. The molecular formula is C12H18N2. The Hall–Kier alpha value is -1.15. The standard InChI is InChI=1S/C12H18N2/c1-10(2)7-12(13-3)8-11-5-4-6-14-9-11/h4-6,9,12-13H,1,7-8H2,2-3H3. The maximum Gasteiger partial charge on any atom is 0.0300 e. The molecule has 0 bridgehead atoms. The van der Waals surface area contributed by atoms with E-state index in [1.807, 2.05) is 19.3 Å². The summed E-state index contributed by atoms with van der Waals surface area (Å²) in [5.41, 5.74) is 2.49. The van der Waals surface area contributed by atoms with Crippen LogP contribution in [0.2, 0.25) is 0 Å². The van der Waals surface area contributed by atoms with E-state index in [0.29, 0.717) is 6.04 Å². The first-order valence-electron chi connectivity index (χ1n) is 4.93. The van der Waals surface area contributed by atoms with Crippen LogP contribution in [0.5, 0.6) is 0 Å². The number of hydrogen-bond donors (Lipinski definition) is 1. The van der Waals surface area contributed by atoms with Gasteiger partial charge in [-0.1, -0.05) is 11.6 Å². The molecule has 0 spiro atoms. The van der Waals surface area contributed by atoms with E-state index in [9.17, 15) is 0 Å². The van der Waals surface area contributed by atoms with Gasteiger partial charge in [0, 0.05) is 18.4 Å². The molecule has 1 aromatic rings. The third kappa shape index (κ3) is 3.71. The van der Waals surface area contributed by atoms with E-state index in [2.05, 4.69) is 29.9 Å². The molecule has 0 amide bonds. The van der Waals surface area contributed by atoms with E-state index in [-0.39, 0.29) is 0 Å². The second kappa shape index (κ2) is 5.55. The van der Waals surface area contributed by atoms with E-state index >= 15 is 0 Å². The Morgan fingerprint density at radius 2 is 2.43 bits per heavy atom. The Balaban J connectivity index is 2.53. The molecule has 0 saturated heterocycles. The number of rotatable bonds is 5. The summed E-state index contributed by atoms with van der Waals surface area (Å²) in [6.07, 6.45) is 5.75. The third-order valence-electron chi connectivity index (χ3n) is 2.21. The molecule has 0 aliphatic carbocycles. The zero-order valence-corrected chi connectivity index (χ0v) is 8.96. The van der Waals surface area contributed by atoms with Crippen molar-refractivity contribution in [1.82, 2.24) is 10.3 Å². The number of nitrogens with zero attached hydrogens (tertiary/aromatic N) is 1. The molecule has 0 aliphatic rings. The van der Waals surface area contributed by atoms with E-state index in [1.54, 1.807) is 6.20 Å². The normalized spacial score (nSPS) is 12.4. The summed E-state index contributed by atoms with van der Waals surface area (Å²) in [6.45, 7) is 5.99. The highest BCUT2D eigenvalue weighted by molar-refractivity contribution is 5.11. The van der Waals surface area contributed by atoms with Gasteiger partial charge in [0.1, 0.15) is 0 Å². The summed E-state index contributed by atoms with van der Waals surface area (Å²) in [7, 11) is 1.99. The van der Waals surface area contributed by atoms with Crippen LogP contribution >= 0.6 is 0 Å². The maximum atomic E-state index is 4.10. The Bertz CT molecular complexity index is 280. The summed E-state index contributed by atoms with van der Waals surface area (Å²) in [4.78, 5) is 4.10. The Morgan fingerprint density at radius 3 is 2.93 bits per heavy atom. The van der Waals surface area contributed by atoms with Gasteiger partial charge in [-0.25, -0.2) is 0 Å². The van der Waals surface area contributed by atoms with E-state index in [0.717, 1.165) is 12.8 Å². The van der Waals surface area contributed by atoms with Crippen LogP contribution in [0.1, 0.15) is 18.9 Å². The van der Waals surface area contributed by atoms with Crippen LogP contribution < -0.4 is 5.32 Å². The van der Waals surface area contributed by atoms with Gasteiger partial charge >= 0.3 is 0 Å². The van der Waals surface area contributed by atoms with Crippen LogP contribution in [-0.2, 0) is 6.42 Å². The number of nitrogens with one attached hydrogen (secondary N) is 1. The van der Waals surface area contributed by atoms with E-state index in [4.69, 9.17) is 0 Å². The molecule has 0 saturated carbocycles. The van der Waals surface area contributed by atoms with Crippen LogP contribution in [-0.4, -0.2) is 18.1 Å². The molecule has 76 valence electrons. The van der Waals surface area contributed by atoms with Gasteiger partial charge in [0.25, 0.3) is 0 Å². The first-order valence-corrected chi connectivity index (χ1v) is 4.93. The van der Waals surface area contributed by atoms with Crippen molar-refractivity contribution in [2.45, 2.75) is 25.8 Å². The summed E-state index contributed by atoms with van der Waals surface area (Å²) >= 11 is 0. The molecule has 14 heavy (non-hydrogen) atoms. The molecule has 0 aromatic carbocycles. The zero-order chi connectivity index (χ0) is 10.4. The Morgan fingerprint density at radius 1 is 1.64 bits per heavy atom. The molecule has 1 rings (SSSR count). The van der Waals surface area contributed by atoms with Crippen molar-refractivity contribution in [1.29, 1.82) is 0 Å². The molecule has 0 fully saturated rings. The molecule has 1 aromatic heterocycles. The van der Waals surface area contributed by atoms with Gasteiger partial charge in [0.05, 0.1) is 0 Å². The predicted molar refractivity (Wildman–Crippen MR) is 60.2 cm³/mol. The molecule has 1 atom stereocenters. The van der Waals surface area contributed by atoms with Gasteiger partial charge in [-0.05, 0) is 38.4 Å². The minimum atomic E-state index is 0.469. The lowest BCUT2D eigenvalue weighted by Crippen LogP contribution is -2.27. The second-order valence-corrected chi connectivity index (χ2v) is 3.71.